The summed E-state index contributed by atoms with van der Waals surface area (Å²) < 4.78 is 253. The van der Waals surface area contributed by atoms with Crippen LogP contribution in [0.2, 0.25) is 16.1 Å². The number of hydrogen-bond acceptors (Lipinski definition) is 20. The molecule has 4 saturated carbocycles. The summed E-state index contributed by atoms with van der Waals surface area (Å²) in [4.78, 5) is 88.0. The van der Waals surface area contributed by atoms with Crippen molar-refractivity contribution in [3.8, 4) is 0 Å². The number of nitrogens with zero attached hydrogens (tertiary/aromatic N) is 10. The van der Waals surface area contributed by atoms with Gasteiger partial charge in [-0.3, -0.25) is 13.6 Å². The quantitative estimate of drug-likeness (QED) is 0.0169. The van der Waals surface area contributed by atoms with Crippen LogP contribution in [-0.2, 0) is 65.6 Å². The third kappa shape index (κ3) is 26.7. The van der Waals surface area contributed by atoms with Crippen molar-refractivity contribution in [2.45, 2.75) is 140 Å². The van der Waals surface area contributed by atoms with Gasteiger partial charge < -0.3 is 54.4 Å². The van der Waals surface area contributed by atoms with Crippen LogP contribution in [0.15, 0.2) is 101 Å². The SMILES string of the molecule is CCOC(=O)C(=O)CBr.CCOC(=O)c1cn2cc(Br)cc(C(F)(F)F)c2n1.CCOC(=O)c1cn2cc(C3CC3)cc(C(F)(F)F)c2n1.CCOC(=O)c1nc2c(C(F)(F)F)cc(C3CC3)cn2c1Cl.Nc1ncc(Br)cc1C(F)(F)F.Nc1ncccc1C(F)(F)F.O=C(O)c1nc2c(C(F)(F)F)cc(C3CC3)cn2c1Cl.OB(O)C1CC1. The number of fused-ring (bicyclic) bond motifs is 4. The molecular formula is C71H64BBr3Cl2F18N12O13. The van der Waals surface area contributed by atoms with Gasteiger partial charge in [-0.1, -0.05) is 52.0 Å². The summed E-state index contributed by atoms with van der Waals surface area (Å²) in [6.07, 6.45) is -9.13. The summed E-state index contributed by atoms with van der Waals surface area (Å²) in [6.45, 7) is 7.08. The lowest BCUT2D eigenvalue weighted by atomic mass is 9.84. The Hall–Kier alpha value is -9.58. The number of anilines is 2. The second-order valence-corrected chi connectivity index (χ2v) is 28.7. The Bertz CT molecular complexity index is 5360. The smallest absolute Gasteiger partial charge is 0.454 e. The monoisotopic (exact) mass is 1950 g/mol. The number of imidazole rings is 4. The van der Waals surface area contributed by atoms with E-state index in [9.17, 15) is 108 Å². The van der Waals surface area contributed by atoms with Gasteiger partial charge in [0.15, 0.2) is 34.1 Å². The van der Waals surface area contributed by atoms with Crippen molar-refractivity contribution in [3.05, 3.63) is 184 Å². The summed E-state index contributed by atoms with van der Waals surface area (Å²) in [5.74, 6) is -5.51. The number of esters is 4. The molecule has 10 aromatic heterocycles. The first kappa shape index (κ1) is 97.5. The zero-order chi connectivity index (χ0) is 89.8. The van der Waals surface area contributed by atoms with Crippen molar-refractivity contribution in [2.24, 2.45) is 0 Å². The van der Waals surface area contributed by atoms with Gasteiger partial charge in [-0.05, 0) is 181 Å². The molecule has 120 heavy (non-hydrogen) atoms. The minimum absolute atomic E-state index is 0.0336. The van der Waals surface area contributed by atoms with Crippen LogP contribution in [0.25, 0.3) is 22.6 Å². The zero-order valence-corrected chi connectivity index (χ0v) is 68.3. The topological polar surface area (TPSA) is 347 Å². The first-order valence-electron chi connectivity index (χ1n) is 34.8. The van der Waals surface area contributed by atoms with Crippen LogP contribution >= 0.6 is 71.0 Å². The Morgan fingerprint density at radius 1 is 0.475 bits per heavy atom. The number of nitrogens with two attached hydrogens (primary N) is 2. The van der Waals surface area contributed by atoms with E-state index in [1.165, 1.54) is 53.8 Å². The Morgan fingerprint density at radius 3 is 1.19 bits per heavy atom. The van der Waals surface area contributed by atoms with E-state index in [1.54, 1.807) is 33.9 Å². The summed E-state index contributed by atoms with van der Waals surface area (Å²) >= 11 is 20.6. The van der Waals surface area contributed by atoms with Crippen molar-refractivity contribution in [2.75, 3.05) is 43.2 Å². The van der Waals surface area contributed by atoms with Crippen molar-refractivity contribution in [3.63, 3.8) is 0 Å². The van der Waals surface area contributed by atoms with Crippen LogP contribution in [0.4, 0.5) is 90.7 Å². The van der Waals surface area contributed by atoms with E-state index in [0.29, 0.717) is 16.7 Å². The maximum absolute atomic E-state index is 13.3. The van der Waals surface area contributed by atoms with Crippen LogP contribution in [0.5, 0.6) is 0 Å². The average molecular weight is 1960 g/mol. The molecule has 0 radical (unpaired) electrons. The number of aromatic carboxylic acids is 1. The van der Waals surface area contributed by atoms with Gasteiger partial charge in [0.25, 0.3) is 0 Å². The van der Waals surface area contributed by atoms with Crippen LogP contribution < -0.4 is 11.5 Å². The molecule has 0 atom stereocenters. The van der Waals surface area contributed by atoms with Gasteiger partial charge in [0.05, 0.1) is 65.1 Å². The van der Waals surface area contributed by atoms with Crippen LogP contribution in [0, 0.1) is 0 Å². The fraction of sp³-hybridized carbons (Fsp3) is 0.380. The van der Waals surface area contributed by atoms with Crippen molar-refractivity contribution < 1.29 is 142 Å². The number of halogens is 23. The van der Waals surface area contributed by atoms with E-state index in [1.807, 2.05) is 0 Å². The van der Waals surface area contributed by atoms with Gasteiger partial charge in [0.2, 0.25) is 5.78 Å². The molecule has 0 saturated heterocycles. The van der Waals surface area contributed by atoms with E-state index < -0.39 is 136 Å². The number of rotatable bonds is 14. The van der Waals surface area contributed by atoms with E-state index in [2.05, 4.69) is 82.4 Å². The van der Waals surface area contributed by atoms with Crippen LogP contribution in [0.1, 0.15) is 189 Å². The van der Waals surface area contributed by atoms with Gasteiger partial charge in [0.1, 0.15) is 33.2 Å². The molecule has 49 heteroatoms. The molecule has 0 spiro atoms. The van der Waals surface area contributed by atoms with Gasteiger partial charge in [0, 0.05) is 58.5 Å². The van der Waals surface area contributed by atoms with E-state index >= 15 is 0 Å². The zero-order valence-electron chi connectivity index (χ0n) is 62.0. The lowest BCUT2D eigenvalue weighted by molar-refractivity contribution is -0.152. The third-order valence-corrected chi connectivity index (χ3v) is 18.6. The molecule has 4 aliphatic carbocycles. The van der Waals surface area contributed by atoms with Crippen molar-refractivity contribution in [1.29, 1.82) is 0 Å². The molecule has 0 bridgehead atoms. The molecule has 14 rings (SSSR count). The molecule has 10 heterocycles. The molecule has 25 nitrogen and oxygen atoms in total. The maximum Gasteiger partial charge on any atom is 0.454 e. The minimum atomic E-state index is -4.61. The molecule has 7 N–H and O–H groups in total. The normalized spacial score (nSPS) is 13.9. The molecular weight excluding hydrogens is 1890 g/mol. The standard InChI is InChI=1S/C14H12ClF3N2O2.C14H13F3N2O2.C12H8ClF3N2O2.C11H8BrF3N2O2.C6H4BrF3N2.C6H5F3N2.C5H7BrO3.C3H7BO2/c1-2-22-13(21)10-11(15)20-6-8(7-3-4-7)5-9(12(20)19-10)14(16,17)18;1-2-21-13(20)11-7-19-6-9(8-3-4-8)5-10(12(19)18-11)14(15,16)17;13-9-8(11(19)20)17-10-7(12(14,15)16)3-6(4-18(9)10)5-1-2-5;1-2-19-10(18)8-5-17-4-6(12)3-7(9(17)16-8)11(13,14)15;7-3-1-4(6(8,9)10)5(11)12-2-3;7-6(8,9)4-2-1-3-11-5(4)10;1-2-9-5(8)4(7)3-6;5-4(6)3-1-2-3/h5-7H,2-4H2,1H3;5-8H,2-4H2,1H3;3-5H,1-2H2,(H,19,20);3-5H,2H2,1H3;1-2H,(H2,11,12);1-3H,(H2,10,11);2-3H2,1H3;3,5-6H,1-2H2. The Labute approximate surface area is 700 Å². The highest BCUT2D eigenvalue weighted by Gasteiger charge is 2.43. The molecule has 0 unspecified atom stereocenters. The number of carbonyl (C=O) groups is 6. The summed E-state index contributed by atoms with van der Waals surface area (Å²) in [7, 11) is -1.04. The van der Waals surface area contributed by atoms with Gasteiger partial charge in [-0.2, -0.15) is 79.0 Å². The molecule has 0 amide bonds. The first-order chi connectivity index (χ1) is 55.8. The maximum atomic E-state index is 13.3. The highest BCUT2D eigenvalue weighted by Crippen LogP contribution is 2.47. The lowest BCUT2D eigenvalue weighted by Crippen LogP contribution is -2.17. The number of alkyl halides is 19. The van der Waals surface area contributed by atoms with Crippen LogP contribution in [-0.4, -0.2) is 137 Å². The number of Topliss-reactive ketones (excluding diaryl/α,β-unsaturated/α-hetero) is 1. The highest BCUT2D eigenvalue weighted by atomic mass is 79.9. The number of carboxylic acids is 1. The fourth-order valence-corrected chi connectivity index (χ4v) is 11.8. The van der Waals surface area contributed by atoms with E-state index in [-0.39, 0.29) is 109 Å². The number of carboxylic acid groups (broad SMARTS) is 1. The van der Waals surface area contributed by atoms with Gasteiger partial charge in [-0.25, -0.2) is 53.9 Å². The van der Waals surface area contributed by atoms with Gasteiger partial charge >= 0.3 is 74.0 Å². The predicted molar refractivity (Wildman–Crippen MR) is 403 cm³/mol. The number of hydrogen-bond donors (Lipinski definition) is 5. The van der Waals surface area contributed by atoms with Gasteiger partial charge in [-0.15, -0.1) is 0 Å². The second kappa shape index (κ2) is 40.4. The van der Waals surface area contributed by atoms with E-state index in [0.717, 1.165) is 101 Å². The molecule has 650 valence electrons. The summed E-state index contributed by atoms with van der Waals surface area (Å²) in [5, 5.41) is 25.0. The lowest BCUT2D eigenvalue weighted by Gasteiger charge is -2.10. The first-order valence-corrected chi connectivity index (χ1v) is 38.3. The predicted octanol–water partition coefficient (Wildman–Crippen LogP) is 18.6. The molecule has 0 aliphatic heterocycles. The fourth-order valence-electron chi connectivity index (χ4n) is 10.3. The molecule has 4 fully saturated rings. The van der Waals surface area contributed by atoms with E-state index in [4.69, 9.17) is 64.0 Å². The number of nitrogen functional groups attached to an aromatic ring is 2. The Morgan fingerprint density at radius 2 is 0.842 bits per heavy atom. The number of aromatic nitrogens is 10. The highest BCUT2D eigenvalue weighted by molar-refractivity contribution is 9.10. The van der Waals surface area contributed by atoms with Crippen LogP contribution in [0.3, 0.4) is 0 Å². The minimum Gasteiger partial charge on any atom is -0.476 e. The average Bonchev–Trinajstić information content (AvgIpc) is 1.61. The molecule has 10 aromatic rings. The Balaban J connectivity index is 0.000000194. The number of ether oxygens (including phenoxy) is 4. The number of ketones is 1. The van der Waals surface area contributed by atoms with Crippen molar-refractivity contribution >= 4 is 148 Å². The number of pyridine rings is 6. The second-order valence-electron chi connectivity index (χ2n) is 25.6. The largest absolute Gasteiger partial charge is 0.476 e. The third-order valence-electron chi connectivity index (χ3n) is 16.5. The van der Waals surface area contributed by atoms with Crippen molar-refractivity contribution in [1.82, 2.24) is 47.5 Å². The molecule has 4 aliphatic rings. The summed E-state index contributed by atoms with van der Waals surface area (Å²) in [6, 6.07) is 7.14. The number of carbonyl (C=O) groups excluding carboxylic acids is 5. The molecule has 0 aromatic carbocycles. The summed E-state index contributed by atoms with van der Waals surface area (Å²) in [5.41, 5.74) is 3.65. The Kier molecular flexibility index (Phi) is 32.8.